The molecule has 0 bridgehead atoms. The summed E-state index contributed by atoms with van der Waals surface area (Å²) in [6, 6.07) is 16.6. The Kier molecular flexibility index (Phi) is 16.6. The van der Waals surface area contributed by atoms with E-state index in [2.05, 4.69) is 70.2 Å². The first kappa shape index (κ1) is 47.0. The van der Waals surface area contributed by atoms with Gasteiger partial charge in [0.1, 0.15) is 24.0 Å². The van der Waals surface area contributed by atoms with Crippen molar-refractivity contribution in [1.82, 2.24) is 30.0 Å². The number of carbonyl (C=O) groups is 4. The molecule has 4 fully saturated rings. The first-order valence-corrected chi connectivity index (χ1v) is 23.2. The lowest BCUT2D eigenvalue weighted by Gasteiger charge is -2.39. The number of hydrogen-bond donors (Lipinski definition) is 1. The van der Waals surface area contributed by atoms with Crippen molar-refractivity contribution in [2.45, 2.75) is 118 Å². The fourth-order valence-corrected chi connectivity index (χ4v) is 8.62. The largest absolute Gasteiger partial charge is 0.488 e. The lowest BCUT2D eigenvalue weighted by atomic mass is 9.92. The van der Waals surface area contributed by atoms with Crippen LogP contribution in [0, 0.1) is 19.8 Å². The summed E-state index contributed by atoms with van der Waals surface area (Å²) in [5, 5.41) is 2.21. The molecule has 1 N–H and O–H groups in total. The fraction of sp³-hybridized carbons (Fsp3) is 0.490. The van der Waals surface area contributed by atoms with E-state index >= 15 is 0 Å². The molecule has 2 aromatic heterocycles. The Morgan fingerprint density at radius 1 is 0.714 bits per heavy atom. The molecule has 0 spiro atoms. The third kappa shape index (κ3) is 11.6. The topological polar surface area (TPSA) is 134 Å². The van der Waals surface area contributed by atoms with Crippen LogP contribution in [0.2, 0.25) is 0 Å². The number of aryl methyl sites for hydroxylation is 2. The first-order chi connectivity index (χ1) is 30.6. The van der Waals surface area contributed by atoms with Crippen molar-refractivity contribution in [2.75, 3.05) is 39.8 Å². The molecule has 6 heterocycles. The minimum Gasteiger partial charge on any atom is -0.488 e. The summed E-state index contributed by atoms with van der Waals surface area (Å²) in [5.41, 5.74) is 7.70. The van der Waals surface area contributed by atoms with E-state index in [0.717, 1.165) is 54.7 Å². The molecule has 1 saturated carbocycles. The third-order valence-electron chi connectivity index (χ3n) is 12.5. The number of benzene rings is 2. The van der Waals surface area contributed by atoms with Crippen LogP contribution >= 0.6 is 0 Å². The Morgan fingerprint density at radius 2 is 1.43 bits per heavy atom. The minimum atomic E-state index is -0.954. The van der Waals surface area contributed by atoms with E-state index in [1.807, 2.05) is 58.4 Å². The summed E-state index contributed by atoms with van der Waals surface area (Å²) in [7, 11) is 2.19. The third-order valence-corrected chi connectivity index (χ3v) is 12.5. The molecule has 4 aromatic rings. The van der Waals surface area contributed by atoms with Crippen LogP contribution in [0.3, 0.4) is 0 Å². The second kappa shape index (κ2) is 22.2. The number of fused-ring (bicyclic) bond motifs is 1. The number of aromatic nitrogens is 2. The zero-order chi connectivity index (χ0) is 45.0. The number of carbonyl (C=O) groups excluding carboxylic acids is 4. The zero-order valence-electron chi connectivity index (χ0n) is 38.3. The van der Waals surface area contributed by atoms with Crippen molar-refractivity contribution < 1.29 is 28.7 Å². The standard InChI is InChI=1S/C25H32N4O5.C22H22N2O.2C2H6/c1-27-11-8-16(9-12-27)3-2-10-28-14-18(15-28)34-17-4-5-19-20(13-17)25(33)29(24(19)32)21-6-7-22(30)26-23(21)31;1-15-10-11-23-14-21(15)20-8-6-17(12-16(20)2)18-7-9-22(24-13-18)25-19-4-3-5-19;2*1-2/h4-5,13,16,18,21H,2-3,6-12,14-15H2,1H3,(H,26,30,31);6-14,19H,3-5H2,1-2H3;2*1-2H3. The van der Waals surface area contributed by atoms with Crippen LogP contribution in [0.25, 0.3) is 22.3 Å². The molecular formula is C51H66N6O6. The normalized spacial score (nSPS) is 19.2. The molecule has 0 radical (unpaired) electrons. The number of imide groups is 2. The van der Waals surface area contributed by atoms with Gasteiger partial charge in [0.25, 0.3) is 11.8 Å². The lowest BCUT2D eigenvalue weighted by Crippen LogP contribution is -2.54. The van der Waals surface area contributed by atoms with Gasteiger partial charge in [0.05, 0.1) is 11.1 Å². The predicted molar refractivity (Wildman–Crippen MR) is 247 cm³/mol. The van der Waals surface area contributed by atoms with Crippen molar-refractivity contribution in [1.29, 1.82) is 0 Å². The molecule has 336 valence electrons. The molecule has 9 rings (SSSR count). The van der Waals surface area contributed by atoms with Gasteiger partial charge < -0.3 is 14.4 Å². The van der Waals surface area contributed by atoms with Gasteiger partial charge in [-0.1, -0.05) is 45.9 Å². The lowest BCUT2D eigenvalue weighted by molar-refractivity contribution is -0.136. The van der Waals surface area contributed by atoms with Gasteiger partial charge in [-0.25, -0.2) is 4.98 Å². The molecule has 63 heavy (non-hydrogen) atoms. The maximum Gasteiger partial charge on any atom is 0.262 e. The molecule has 5 aliphatic rings. The van der Waals surface area contributed by atoms with Gasteiger partial charge in [-0.2, -0.15) is 0 Å². The Balaban J connectivity index is 0.000000202. The van der Waals surface area contributed by atoms with Crippen LogP contribution in [0.1, 0.15) is 117 Å². The highest BCUT2D eigenvalue weighted by Gasteiger charge is 2.45. The van der Waals surface area contributed by atoms with Crippen LogP contribution in [-0.4, -0.2) is 106 Å². The smallest absolute Gasteiger partial charge is 0.262 e. The number of likely N-dealkylation sites (tertiary alicyclic amines) is 2. The molecule has 1 atom stereocenters. The summed E-state index contributed by atoms with van der Waals surface area (Å²) >= 11 is 0. The van der Waals surface area contributed by atoms with Crippen molar-refractivity contribution in [3.63, 3.8) is 0 Å². The van der Waals surface area contributed by atoms with E-state index < -0.39 is 23.8 Å². The number of ether oxygens (including phenoxy) is 2. The highest BCUT2D eigenvalue weighted by atomic mass is 16.5. The first-order valence-electron chi connectivity index (χ1n) is 23.2. The van der Waals surface area contributed by atoms with Crippen LogP contribution in [0.15, 0.2) is 73.2 Å². The van der Waals surface area contributed by atoms with Crippen molar-refractivity contribution >= 4 is 23.6 Å². The fourth-order valence-electron chi connectivity index (χ4n) is 8.62. The Labute approximate surface area is 373 Å². The number of piperidine rings is 2. The van der Waals surface area contributed by atoms with Gasteiger partial charge in [-0.3, -0.25) is 39.3 Å². The van der Waals surface area contributed by atoms with Gasteiger partial charge in [0.2, 0.25) is 17.7 Å². The number of amides is 4. The second-order valence-corrected chi connectivity index (χ2v) is 16.8. The van der Waals surface area contributed by atoms with Crippen molar-refractivity contribution in [2.24, 2.45) is 5.92 Å². The molecule has 2 aromatic carbocycles. The number of nitrogens with zero attached hydrogens (tertiary/aromatic N) is 5. The second-order valence-electron chi connectivity index (χ2n) is 16.8. The predicted octanol–water partition coefficient (Wildman–Crippen LogP) is 8.68. The van der Waals surface area contributed by atoms with Gasteiger partial charge in [-0.15, -0.1) is 0 Å². The van der Waals surface area contributed by atoms with Gasteiger partial charge in [-0.05, 0) is 150 Å². The minimum absolute atomic E-state index is 0.0693. The van der Waals surface area contributed by atoms with Crippen LogP contribution in [-0.2, 0) is 9.59 Å². The molecule has 4 aliphatic heterocycles. The average Bonchev–Trinajstić information content (AvgIpc) is 3.51. The van der Waals surface area contributed by atoms with E-state index in [1.54, 1.807) is 18.2 Å². The number of pyridine rings is 2. The van der Waals surface area contributed by atoms with E-state index in [1.165, 1.54) is 73.0 Å². The maximum absolute atomic E-state index is 12.9. The molecular weight excluding hydrogens is 793 g/mol. The highest BCUT2D eigenvalue weighted by molar-refractivity contribution is 6.23. The summed E-state index contributed by atoms with van der Waals surface area (Å²) in [5.74, 6) is 0.145. The van der Waals surface area contributed by atoms with Crippen LogP contribution in [0.4, 0.5) is 0 Å². The molecule has 12 heteroatoms. The summed E-state index contributed by atoms with van der Waals surface area (Å²) in [6.45, 7) is 17.5. The Hall–Kier alpha value is -5.46. The summed E-state index contributed by atoms with van der Waals surface area (Å²) in [6.07, 6.45) is 15.1. The quantitative estimate of drug-likeness (QED) is 0.146. The molecule has 12 nitrogen and oxygen atoms in total. The van der Waals surface area contributed by atoms with Crippen molar-refractivity contribution in [3.8, 4) is 33.9 Å². The van der Waals surface area contributed by atoms with E-state index in [9.17, 15) is 19.2 Å². The van der Waals surface area contributed by atoms with Crippen LogP contribution in [0.5, 0.6) is 11.6 Å². The average molecular weight is 859 g/mol. The van der Waals surface area contributed by atoms with Crippen molar-refractivity contribution in [3.05, 3.63) is 95.4 Å². The van der Waals surface area contributed by atoms with E-state index in [0.29, 0.717) is 11.9 Å². The Morgan fingerprint density at radius 3 is 2.08 bits per heavy atom. The highest BCUT2D eigenvalue weighted by Crippen LogP contribution is 2.33. The summed E-state index contributed by atoms with van der Waals surface area (Å²) in [4.78, 5) is 63.9. The van der Waals surface area contributed by atoms with Crippen LogP contribution < -0.4 is 14.8 Å². The SMILES string of the molecule is CC.CC.CN1CCC(CCCN2CC(Oc3ccc4c(c3)C(=O)N(C3CCC(=O)NC3=O)C4=O)C2)CC1.Cc1cc(-c2ccc(OC3CCC3)nc2)ccc1-c1cnccc1C. The number of nitrogens with one attached hydrogen (secondary N) is 1. The maximum atomic E-state index is 12.9. The number of rotatable bonds is 11. The molecule has 4 amide bonds. The number of hydrogen-bond acceptors (Lipinski definition) is 10. The molecule has 1 aliphatic carbocycles. The van der Waals surface area contributed by atoms with E-state index in [4.69, 9.17) is 9.47 Å². The molecule has 1 unspecified atom stereocenters. The van der Waals surface area contributed by atoms with Gasteiger partial charge in [0, 0.05) is 55.3 Å². The summed E-state index contributed by atoms with van der Waals surface area (Å²) < 4.78 is 11.9. The Bertz CT molecular complexity index is 2190. The van der Waals surface area contributed by atoms with Gasteiger partial charge in [0.15, 0.2) is 0 Å². The van der Waals surface area contributed by atoms with Gasteiger partial charge >= 0.3 is 0 Å². The zero-order valence-corrected chi connectivity index (χ0v) is 38.3. The monoisotopic (exact) mass is 859 g/mol. The van der Waals surface area contributed by atoms with E-state index in [-0.39, 0.29) is 36.0 Å². The molecule has 3 saturated heterocycles.